The SMILES string of the molecule is COc1ccc(C(OC[C@@H]2C[C@@H](OC(=O)CCC(=O)O)CN2C(=O)O[C@H]2CC[C@@]3(C)C(=CC[C@H]4[C@@H]5CC[C@H]([C@H](C)CCCC(C)C)[C@@]5(C)CC[C@@H]43)C2)(c2ccccc2)c2ccc(OC)cc2)cc1. The van der Waals surface area contributed by atoms with Gasteiger partial charge < -0.3 is 28.8 Å². The van der Waals surface area contributed by atoms with Gasteiger partial charge in [0.15, 0.2) is 0 Å². The normalized spacial score (nSPS) is 29.3. The molecule has 0 bridgehead atoms. The van der Waals surface area contributed by atoms with E-state index in [4.69, 9.17) is 23.7 Å². The van der Waals surface area contributed by atoms with E-state index in [-0.39, 0.29) is 37.5 Å². The maximum atomic E-state index is 14.6. The maximum absolute atomic E-state index is 14.6. The maximum Gasteiger partial charge on any atom is 0.410 e. The second kappa shape index (κ2) is 21.0. The van der Waals surface area contributed by atoms with Crippen LogP contribution in [0.5, 0.6) is 11.5 Å². The summed E-state index contributed by atoms with van der Waals surface area (Å²) in [6, 6.07) is 25.1. The number of allylic oxidation sites excluding steroid dienone is 1. The minimum absolute atomic E-state index is 0.0832. The molecule has 0 aromatic heterocycles. The van der Waals surface area contributed by atoms with Gasteiger partial charge in [0.1, 0.15) is 29.3 Å². The molecule has 0 unspecified atom stereocenters. The molecule has 368 valence electrons. The van der Waals surface area contributed by atoms with Gasteiger partial charge in [-0.2, -0.15) is 0 Å². The van der Waals surface area contributed by atoms with Gasteiger partial charge in [-0.25, -0.2) is 4.79 Å². The zero-order chi connectivity index (χ0) is 48.2. The monoisotopic (exact) mass is 932 g/mol. The van der Waals surface area contributed by atoms with E-state index in [0.29, 0.717) is 35.2 Å². The summed E-state index contributed by atoms with van der Waals surface area (Å²) in [5, 5.41) is 9.27. The fourth-order valence-corrected chi connectivity index (χ4v) is 14.1. The first-order chi connectivity index (χ1) is 32.7. The molecular weight excluding hydrogens is 855 g/mol. The number of carboxylic acids is 1. The second-order valence-corrected chi connectivity index (χ2v) is 21.9. The number of carboxylic acid groups (broad SMARTS) is 1. The Morgan fingerprint density at radius 2 is 1.43 bits per heavy atom. The number of methoxy groups -OCH3 is 2. The van der Waals surface area contributed by atoms with Crippen LogP contribution in [0.1, 0.15) is 141 Å². The van der Waals surface area contributed by atoms with Gasteiger partial charge in [-0.15, -0.1) is 0 Å². The second-order valence-electron chi connectivity index (χ2n) is 21.9. The van der Waals surface area contributed by atoms with Crippen molar-refractivity contribution in [1.82, 2.24) is 4.90 Å². The molecule has 0 spiro atoms. The van der Waals surface area contributed by atoms with E-state index in [2.05, 4.69) is 40.7 Å². The Hall–Kier alpha value is -4.83. The first-order valence-corrected chi connectivity index (χ1v) is 25.7. The molecule has 1 saturated heterocycles. The summed E-state index contributed by atoms with van der Waals surface area (Å²) in [6.45, 7) is 12.6. The van der Waals surface area contributed by atoms with Gasteiger partial charge in [-0.1, -0.05) is 120 Å². The molecule has 4 fully saturated rings. The molecule has 68 heavy (non-hydrogen) atoms. The zero-order valence-corrected chi connectivity index (χ0v) is 41.8. The molecule has 8 rings (SSSR count). The number of likely N-dealkylation sites (tertiary alicyclic amines) is 1. The summed E-state index contributed by atoms with van der Waals surface area (Å²) in [5.41, 5.74) is 3.46. The van der Waals surface area contributed by atoms with Crippen LogP contribution in [0, 0.1) is 46.3 Å². The van der Waals surface area contributed by atoms with Crippen LogP contribution in [0.2, 0.25) is 0 Å². The zero-order valence-electron chi connectivity index (χ0n) is 41.8. The predicted octanol–water partition coefficient (Wildman–Crippen LogP) is 12.4. The summed E-state index contributed by atoms with van der Waals surface area (Å²) in [7, 11) is 3.27. The lowest BCUT2D eigenvalue weighted by molar-refractivity contribution is -0.151. The molecule has 0 radical (unpaired) electrons. The molecule has 10 atom stereocenters. The Bertz CT molecular complexity index is 2180. The third kappa shape index (κ3) is 10.1. The van der Waals surface area contributed by atoms with Crippen molar-refractivity contribution in [2.45, 2.75) is 148 Å². The topological polar surface area (TPSA) is 121 Å². The number of ether oxygens (including phenoxy) is 5. The first-order valence-electron chi connectivity index (χ1n) is 25.7. The van der Waals surface area contributed by atoms with Gasteiger partial charge >= 0.3 is 18.0 Å². The number of carbonyl (C=O) groups excluding carboxylic acids is 2. The molecule has 4 aliphatic carbocycles. The van der Waals surface area contributed by atoms with Crippen LogP contribution in [0.15, 0.2) is 90.5 Å². The Morgan fingerprint density at radius 1 is 0.765 bits per heavy atom. The van der Waals surface area contributed by atoms with Gasteiger partial charge in [-0.3, -0.25) is 14.5 Å². The highest BCUT2D eigenvalue weighted by Crippen LogP contribution is 2.67. The van der Waals surface area contributed by atoms with Crippen LogP contribution in [0.3, 0.4) is 0 Å². The number of amides is 1. The molecule has 10 nitrogen and oxygen atoms in total. The van der Waals surface area contributed by atoms with Gasteiger partial charge in [0, 0.05) is 12.8 Å². The number of carbonyl (C=O) groups is 3. The minimum Gasteiger partial charge on any atom is -0.497 e. The average Bonchev–Trinajstić information content (AvgIpc) is 3.92. The molecule has 10 heteroatoms. The molecule has 5 aliphatic rings. The van der Waals surface area contributed by atoms with Gasteiger partial charge in [-0.05, 0) is 132 Å². The van der Waals surface area contributed by atoms with E-state index in [1.807, 2.05) is 78.9 Å². The summed E-state index contributed by atoms with van der Waals surface area (Å²) >= 11 is 0. The van der Waals surface area contributed by atoms with Crippen molar-refractivity contribution in [3.63, 3.8) is 0 Å². The molecule has 1 heterocycles. The lowest BCUT2D eigenvalue weighted by Gasteiger charge is -2.58. The summed E-state index contributed by atoms with van der Waals surface area (Å²) < 4.78 is 30.8. The van der Waals surface area contributed by atoms with E-state index in [0.717, 1.165) is 66.0 Å². The largest absolute Gasteiger partial charge is 0.497 e. The van der Waals surface area contributed by atoms with E-state index in [9.17, 15) is 19.5 Å². The summed E-state index contributed by atoms with van der Waals surface area (Å²) in [5.74, 6) is 4.26. The third-order valence-electron chi connectivity index (χ3n) is 17.6. The van der Waals surface area contributed by atoms with Crippen molar-refractivity contribution in [1.29, 1.82) is 0 Å². The molecule has 1 N–H and O–H groups in total. The van der Waals surface area contributed by atoms with Crippen LogP contribution in [-0.2, 0) is 29.4 Å². The Balaban J connectivity index is 1.01. The van der Waals surface area contributed by atoms with Crippen molar-refractivity contribution in [2.75, 3.05) is 27.4 Å². The molecular formula is C58H77NO9. The summed E-state index contributed by atoms with van der Waals surface area (Å²) in [4.78, 5) is 40.6. The Kier molecular flexibility index (Phi) is 15.3. The molecule has 3 saturated carbocycles. The van der Waals surface area contributed by atoms with Crippen molar-refractivity contribution in [3.05, 3.63) is 107 Å². The van der Waals surface area contributed by atoms with Gasteiger partial charge in [0.2, 0.25) is 0 Å². The highest BCUT2D eigenvalue weighted by molar-refractivity contribution is 5.76. The van der Waals surface area contributed by atoms with Crippen molar-refractivity contribution < 1.29 is 43.2 Å². The number of benzene rings is 3. The Morgan fingerprint density at radius 3 is 2.06 bits per heavy atom. The van der Waals surface area contributed by atoms with Crippen LogP contribution in [0.25, 0.3) is 0 Å². The highest BCUT2D eigenvalue weighted by atomic mass is 16.6. The first kappa shape index (κ1) is 49.6. The van der Waals surface area contributed by atoms with Gasteiger partial charge in [0.05, 0.1) is 46.3 Å². The fraction of sp³-hybridized carbons (Fsp3) is 0.603. The summed E-state index contributed by atoms with van der Waals surface area (Å²) in [6.07, 6.45) is 13.9. The number of aliphatic carboxylic acids is 1. The molecule has 1 amide bonds. The van der Waals surface area contributed by atoms with Crippen LogP contribution in [-0.4, -0.2) is 73.7 Å². The lowest BCUT2D eigenvalue weighted by Crippen LogP contribution is -2.51. The predicted molar refractivity (Wildman–Crippen MR) is 263 cm³/mol. The van der Waals surface area contributed by atoms with E-state index in [1.165, 1.54) is 50.5 Å². The van der Waals surface area contributed by atoms with E-state index in [1.54, 1.807) is 19.1 Å². The Labute approximate surface area is 405 Å². The average molecular weight is 932 g/mol. The number of rotatable bonds is 18. The van der Waals surface area contributed by atoms with Crippen LogP contribution < -0.4 is 9.47 Å². The number of hydrogen-bond donors (Lipinski definition) is 1. The van der Waals surface area contributed by atoms with E-state index < -0.39 is 35.8 Å². The molecule has 3 aromatic carbocycles. The van der Waals surface area contributed by atoms with Crippen molar-refractivity contribution >= 4 is 18.0 Å². The van der Waals surface area contributed by atoms with Crippen molar-refractivity contribution in [2.24, 2.45) is 46.3 Å². The highest BCUT2D eigenvalue weighted by Gasteiger charge is 2.59. The van der Waals surface area contributed by atoms with Crippen molar-refractivity contribution in [3.8, 4) is 11.5 Å². The lowest BCUT2D eigenvalue weighted by atomic mass is 9.47. The molecule has 1 aliphatic heterocycles. The number of esters is 1. The van der Waals surface area contributed by atoms with E-state index >= 15 is 0 Å². The number of fused-ring (bicyclic) bond motifs is 5. The standard InChI is InChI=1S/C58H77NO9/c1-38(2)12-11-13-39(3)50-26-27-51-49-25-20-43-34-47(30-32-56(43,4)52(49)31-33-57(50,51)5)68-55(63)59-36-48(67-54(62)29-28-53(60)61)35-44(59)37-66-58(40-14-9-8-10-15-40,41-16-21-45(64-6)22-17-41)42-18-23-46(65-7)24-19-42/h8-10,14-24,38-39,44,47-52H,11-13,25-37H2,1-7H3,(H,60,61)/t39-,44+,47+,48-,49+,50-,51+,52+,56+,57-/m1/s1. The third-order valence-corrected chi connectivity index (χ3v) is 17.6. The van der Waals surface area contributed by atoms with Crippen LogP contribution >= 0.6 is 0 Å². The number of hydrogen-bond acceptors (Lipinski definition) is 8. The fourth-order valence-electron chi connectivity index (χ4n) is 14.1. The van der Waals surface area contributed by atoms with Gasteiger partial charge in [0.25, 0.3) is 0 Å². The van der Waals surface area contributed by atoms with Crippen LogP contribution in [0.4, 0.5) is 4.79 Å². The molecule has 3 aromatic rings. The minimum atomic E-state index is -1.13. The quantitative estimate of drug-likeness (QED) is 0.0755. The number of nitrogens with zero attached hydrogens (tertiary/aromatic N) is 1. The smallest absolute Gasteiger partial charge is 0.410 e.